The molecule has 7 heteroatoms. The molecule has 0 bridgehead atoms. The lowest BCUT2D eigenvalue weighted by atomic mass is 9.96. The summed E-state index contributed by atoms with van der Waals surface area (Å²) in [6, 6.07) is 17.2. The lowest BCUT2D eigenvalue weighted by Gasteiger charge is -2.31. The molecule has 2 heterocycles. The zero-order valence-electron chi connectivity index (χ0n) is 15.7. The summed E-state index contributed by atoms with van der Waals surface area (Å²) in [5, 5.41) is 12.0. The van der Waals surface area contributed by atoms with Crippen molar-refractivity contribution in [2.75, 3.05) is 23.3 Å². The van der Waals surface area contributed by atoms with Crippen LogP contribution in [0.2, 0.25) is 5.02 Å². The van der Waals surface area contributed by atoms with Gasteiger partial charge in [0.05, 0.1) is 16.4 Å². The number of nitrogens with zero attached hydrogens (tertiary/aromatic N) is 3. The van der Waals surface area contributed by atoms with Crippen molar-refractivity contribution in [1.29, 1.82) is 0 Å². The number of carbonyl (C=O) groups excluding carboxylic acids is 1. The van der Waals surface area contributed by atoms with E-state index in [2.05, 4.69) is 20.4 Å². The van der Waals surface area contributed by atoms with E-state index in [1.807, 2.05) is 24.3 Å². The molecular weight excluding hydrogens is 391 g/mol. The molecule has 2 aromatic carbocycles. The van der Waals surface area contributed by atoms with E-state index in [1.165, 1.54) is 12.1 Å². The average molecular weight is 411 g/mol. The maximum absolute atomic E-state index is 13.1. The van der Waals surface area contributed by atoms with Crippen molar-refractivity contribution in [3.05, 3.63) is 71.5 Å². The summed E-state index contributed by atoms with van der Waals surface area (Å²) in [4.78, 5) is 14.7. The largest absolute Gasteiger partial charge is 0.355 e. The van der Waals surface area contributed by atoms with Gasteiger partial charge in [-0.3, -0.25) is 4.79 Å². The number of aromatic nitrogens is 2. The van der Waals surface area contributed by atoms with Crippen LogP contribution in [0.5, 0.6) is 0 Å². The second kappa shape index (κ2) is 8.57. The second-order valence-electron chi connectivity index (χ2n) is 7.01. The number of hydrogen-bond donors (Lipinski definition) is 1. The van der Waals surface area contributed by atoms with E-state index in [0.717, 1.165) is 37.3 Å². The first kappa shape index (κ1) is 19.3. The van der Waals surface area contributed by atoms with E-state index in [9.17, 15) is 9.18 Å². The minimum Gasteiger partial charge on any atom is -0.355 e. The smallest absolute Gasteiger partial charge is 0.227 e. The highest BCUT2D eigenvalue weighted by Gasteiger charge is 2.26. The minimum atomic E-state index is -0.278. The number of carbonyl (C=O) groups is 1. The van der Waals surface area contributed by atoms with Gasteiger partial charge in [0.2, 0.25) is 5.91 Å². The standard InChI is InChI=1S/C22H20ClFN4O/c23-18-3-1-2-4-20(18)25-22(29)16-11-13-28(14-12-16)21-10-9-19(26-27-21)15-5-7-17(24)8-6-15/h1-10,16H,11-14H2,(H,25,29). The highest BCUT2D eigenvalue weighted by atomic mass is 35.5. The van der Waals surface area contributed by atoms with Crippen LogP contribution in [-0.2, 0) is 4.79 Å². The molecule has 0 unspecified atom stereocenters. The maximum atomic E-state index is 13.1. The Hall–Kier alpha value is -2.99. The SMILES string of the molecule is O=C(Nc1ccccc1Cl)C1CCN(c2ccc(-c3ccc(F)cc3)nn2)CC1. The highest BCUT2D eigenvalue weighted by Crippen LogP contribution is 2.26. The number of nitrogens with one attached hydrogen (secondary N) is 1. The summed E-state index contributed by atoms with van der Waals surface area (Å²) in [5.41, 5.74) is 2.16. The number of para-hydroxylation sites is 1. The Morgan fingerprint density at radius 2 is 1.72 bits per heavy atom. The van der Waals surface area contributed by atoms with E-state index in [0.29, 0.717) is 16.4 Å². The molecule has 5 nitrogen and oxygen atoms in total. The number of rotatable bonds is 4. The summed E-state index contributed by atoms with van der Waals surface area (Å²) < 4.78 is 13.1. The van der Waals surface area contributed by atoms with Gasteiger partial charge in [-0.1, -0.05) is 23.7 Å². The number of amides is 1. The molecule has 148 valence electrons. The summed E-state index contributed by atoms with van der Waals surface area (Å²) in [5.74, 6) is 0.435. The quantitative estimate of drug-likeness (QED) is 0.671. The van der Waals surface area contributed by atoms with Crippen molar-refractivity contribution in [3.8, 4) is 11.3 Å². The lowest BCUT2D eigenvalue weighted by molar-refractivity contribution is -0.120. The molecule has 1 aromatic heterocycles. The maximum Gasteiger partial charge on any atom is 0.227 e. The van der Waals surface area contributed by atoms with Crippen molar-refractivity contribution < 1.29 is 9.18 Å². The van der Waals surface area contributed by atoms with E-state index < -0.39 is 0 Å². The summed E-state index contributed by atoms with van der Waals surface area (Å²) in [7, 11) is 0. The van der Waals surface area contributed by atoms with Crippen molar-refractivity contribution >= 4 is 29.0 Å². The number of piperidine rings is 1. The van der Waals surface area contributed by atoms with Crippen LogP contribution in [0.25, 0.3) is 11.3 Å². The first-order valence-electron chi connectivity index (χ1n) is 9.50. The summed E-state index contributed by atoms with van der Waals surface area (Å²) >= 11 is 6.12. The molecule has 0 saturated carbocycles. The van der Waals surface area contributed by atoms with Crippen molar-refractivity contribution in [3.63, 3.8) is 0 Å². The minimum absolute atomic E-state index is 0.00417. The van der Waals surface area contributed by atoms with Gasteiger partial charge in [0.1, 0.15) is 5.82 Å². The van der Waals surface area contributed by atoms with Crippen LogP contribution in [0.3, 0.4) is 0 Å². The third-order valence-electron chi connectivity index (χ3n) is 5.11. The van der Waals surface area contributed by atoms with Crippen molar-refractivity contribution in [1.82, 2.24) is 10.2 Å². The first-order chi connectivity index (χ1) is 14.1. The zero-order chi connectivity index (χ0) is 20.2. The van der Waals surface area contributed by atoms with Gasteiger partial charge in [-0.2, -0.15) is 0 Å². The Labute approximate surface area is 173 Å². The van der Waals surface area contributed by atoms with Crippen LogP contribution in [0.15, 0.2) is 60.7 Å². The van der Waals surface area contributed by atoms with Gasteiger partial charge in [-0.05, 0) is 61.4 Å². The Morgan fingerprint density at radius 1 is 1.00 bits per heavy atom. The average Bonchev–Trinajstić information content (AvgIpc) is 2.76. The monoisotopic (exact) mass is 410 g/mol. The molecule has 1 fully saturated rings. The van der Waals surface area contributed by atoms with Gasteiger partial charge in [0.15, 0.2) is 5.82 Å². The van der Waals surface area contributed by atoms with Gasteiger partial charge in [0.25, 0.3) is 0 Å². The molecule has 0 spiro atoms. The third kappa shape index (κ3) is 4.54. The molecule has 1 aliphatic rings. The van der Waals surface area contributed by atoms with Gasteiger partial charge in [-0.25, -0.2) is 4.39 Å². The molecule has 3 aromatic rings. The topological polar surface area (TPSA) is 58.1 Å². The van der Waals surface area contributed by atoms with Gasteiger partial charge >= 0.3 is 0 Å². The Kier molecular flexibility index (Phi) is 5.71. The van der Waals surface area contributed by atoms with Crippen LogP contribution in [0, 0.1) is 11.7 Å². The molecule has 29 heavy (non-hydrogen) atoms. The van der Waals surface area contributed by atoms with Crippen LogP contribution in [0.1, 0.15) is 12.8 Å². The normalized spacial score (nSPS) is 14.6. The Bertz CT molecular complexity index is 986. The predicted molar refractivity (Wildman–Crippen MR) is 112 cm³/mol. The van der Waals surface area contributed by atoms with Crippen LogP contribution < -0.4 is 10.2 Å². The number of halogens is 2. The van der Waals surface area contributed by atoms with Crippen LogP contribution >= 0.6 is 11.6 Å². The molecular formula is C22H20ClFN4O. The fraction of sp³-hybridized carbons (Fsp3) is 0.227. The van der Waals surface area contributed by atoms with Crippen LogP contribution in [0.4, 0.5) is 15.9 Å². The molecule has 4 rings (SSSR count). The fourth-order valence-electron chi connectivity index (χ4n) is 3.44. The van der Waals surface area contributed by atoms with E-state index in [4.69, 9.17) is 11.6 Å². The molecule has 1 saturated heterocycles. The molecule has 0 atom stereocenters. The molecule has 0 aliphatic carbocycles. The lowest BCUT2D eigenvalue weighted by Crippen LogP contribution is -2.38. The third-order valence-corrected chi connectivity index (χ3v) is 5.44. The Morgan fingerprint density at radius 3 is 2.38 bits per heavy atom. The fourth-order valence-corrected chi connectivity index (χ4v) is 3.62. The second-order valence-corrected chi connectivity index (χ2v) is 7.42. The predicted octanol–water partition coefficient (Wildman–Crippen LogP) is 4.79. The highest BCUT2D eigenvalue weighted by molar-refractivity contribution is 6.33. The van der Waals surface area contributed by atoms with Gasteiger partial charge in [-0.15, -0.1) is 10.2 Å². The number of hydrogen-bond acceptors (Lipinski definition) is 4. The number of anilines is 2. The molecule has 1 aliphatic heterocycles. The summed E-state index contributed by atoms with van der Waals surface area (Å²) in [6.45, 7) is 1.45. The van der Waals surface area contributed by atoms with Gasteiger partial charge in [0, 0.05) is 24.6 Å². The Balaban J connectivity index is 1.35. The van der Waals surface area contributed by atoms with E-state index in [1.54, 1.807) is 24.3 Å². The first-order valence-corrected chi connectivity index (χ1v) is 9.88. The van der Waals surface area contributed by atoms with E-state index in [-0.39, 0.29) is 17.6 Å². The molecule has 1 N–H and O–H groups in total. The summed E-state index contributed by atoms with van der Waals surface area (Å²) in [6.07, 6.45) is 1.47. The zero-order valence-corrected chi connectivity index (χ0v) is 16.4. The number of benzene rings is 2. The van der Waals surface area contributed by atoms with Crippen molar-refractivity contribution in [2.24, 2.45) is 5.92 Å². The van der Waals surface area contributed by atoms with Gasteiger partial charge < -0.3 is 10.2 Å². The van der Waals surface area contributed by atoms with Crippen LogP contribution in [-0.4, -0.2) is 29.2 Å². The molecule has 0 radical (unpaired) electrons. The van der Waals surface area contributed by atoms with E-state index >= 15 is 0 Å². The molecule has 1 amide bonds. The van der Waals surface area contributed by atoms with Crippen molar-refractivity contribution in [2.45, 2.75) is 12.8 Å².